The molecule has 2 aliphatic carbocycles. The molecule has 1 aromatic rings. The van der Waals surface area contributed by atoms with Crippen molar-refractivity contribution in [2.45, 2.75) is 26.1 Å². The Kier molecular flexibility index (Phi) is 4.65. The van der Waals surface area contributed by atoms with Gasteiger partial charge in [0.15, 0.2) is 6.29 Å². The third-order valence-corrected chi connectivity index (χ3v) is 6.24. The molecule has 1 saturated heterocycles. The van der Waals surface area contributed by atoms with Crippen molar-refractivity contribution < 1.29 is 19.0 Å². The average Bonchev–Trinajstić information content (AvgIpc) is 3.29. The summed E-state index contributed by atoms with van der Waals surface area (Å²) in [6, 6.07) is 10.5. The maximum atomic E-state index is 12.7. The van der Waals surface area contributed by atoms with Crippen molar-refractivity contribution in [3.8, 4) is 0 Å². The molecule has 4 nitrogen and oxygen atoms in total. The summed E-state index contributed by atoms with van der Waals surface area (Å²) in [6.07, 6.45) is 4.15. The quantitative estimate of drug-likeness (QED) is 0.789. The van der Waals surface area contributed by atoms with Crippen LogP contribution in [0.25, 0.3) is 5.57 Å². The van der Waals surface area contributed by atoms with Gasteiger partial charge in [-0.1, -0.05) is 43.3 Å². The van der Waals surface area contributed by atoms with E-state index in [0.717, 1.165) is 12.8 Å². The van der Waals surface area contributed by atoms with Crippen LogP contribution >= 0.6 is 0 Å². The first-order valence-corrected chi connectivity index (χ1v) is 9.29. The van der Waals surface area contributed by atoms with Crippen LogP contribution in [0, 0.1) is 29.6 Å². The fourth-order valence-electron chi connectivity index (χ4n) is 5.16. The molecule has 4 heteroatoms. The van der Waals surface area contributed by atoms with Crippen molar-refractivity contribution in [2.24, 2.45) is 29.6 Å². The molecule has 134 valence electrons. The molecular weight excluding hydrogens is 316 g/mol. The first kappa shape index (κ1) is 16.8. The Hall–Kier alpha value is -1.65. The van der Waals surface area contributed by atoms with Crippen molar-refractivity contribution in [1.82, 2.24) is 0 Å². The number of methoxy groups -OCH3 is 1. The van der Waals surface area contributed by atoms with Crippen LogP contribution in [0.15, 0.2) is 36.4 Å². The van der Waals surface area contributed by atoms with E-state index in [1.807, 2.05) is 6.07 Å². The van der Waals surface area contributed by atoms with Crippen LogP contribution in [0.5, 0.6) is 0 Å². The monoisotopic (exact) mass is 342 g/mol. The SMILES string of the molecule is COC(=O)[C@H]1C2C(C=C(c3ccccc3)[C@H]2C)CC[C@@H]1C1OCCO1. The van der Waals surface area contributed by atoms with E-state index in [9.17, 15) is 4.79 Å². The van der Waals surface area contributed by atoms with Crippen LogP contribution in [0.4, 0.5) is 0 Å². The number of hydrogen-bond acceptors (Lipinski definition) is 4. The third-order valence-electron chi connectivity index (χ3n) is 6.24. The van der Waals surface area contributed by atoms with Crippen molar-refractivity contribution in [3.63, 3.8) is 0 Å². The summed E-state index contributed by atoms with van der Waals surface area (Å²) in [5, 5.41) is 0. The summed E-state index contributed by atoms with van der Waals surface area (Å²) < 4.78 is 16.7. The Morgan fingerprint density at radius 3 is 2.52 bits per heavy atom. The standard InChI is InChI=1S/C21H26O4/c1-13-17(14-6-4-3-5-7-14)12-15-8-9-16(21-24-10-11-25-21)19(18(13)15)20(22)23-2/h3-7,12-13,15-16,18-19,21H,8-11H2,1-2H3/t13-,15?,16+,18?,19-/m1/s1. The van der Waals surface area contributed by atoms with E-state index in [0.29, 0.717) is 25.0 Å². The number of hydrogen-bond donors (Lipinski definition) is 0. The number of esters is 1. The zero-order chi connectivity index (χ0) is 17.4. The van der Waals surface area contributed by atoms with E-state index in [4.69, 9.17) is 14.2 Å². The predicted molar refractivity (Wildman–Crippen MR) is 94.5 cm³/mol. The normalized spacial score (nSPS) is 35.3. The van der Waals surface area contributed by atoms with Crippen LogP contribution in [0.1, 0.15) is 25.3 Å². The number of ether oxygens (including phenoxy) is 3. The van der Waals surface area contributed by atoms with Gasteiger partial charge in [-0.3, -0.25) is 4.79 Å². The zero-order valence-electron chi connectivity index (χ0n) is 14.9. The maximum absolute atomic E-state index is 12.7. The second kappa shape index (κ2) is 6.93. The zero-order valence-corrected chi connectivity index (χ0v) is 14.9. The van der Waals surface area contributed by atoms with Gasteiger partial charge in [0.25, 0.3) is 0 Å². The molecule has 0 N–H and O–H groups in total. The van der Waals surface area contributed by atoms with Gasteiger partial charge >= 0.3 is 5.97 Å². The molecule has 25 heavy (non-hydrogen) atoms. The highest BCUT2D eigenvalue weighted by molar-refractivity contribution is 5.76. The third kappa shape index (κ3) is 2.91. The Labute approximate surface area is 149 Å². The van der Waals surface area contributed by atoms with E-state index >= 15 is 0 Å². The molecule has 3 aliphatic rings. The van der Waals surface area contributed by atoms with Crippen molar-refractivity contribution in [1.29, 1.82) is 0 Å². The van der Waals surface area contributed by atoms with Gasteiger partial charge in [0, 0.05) is 5.92 Å². The van der Waals surface area contributed by atoms with Crippen LogP contribution in [-0.4, -0.2) is 32.6 Å². The van der Waals surface area contributed by atoms with Gasteiger partial charge in [0.1, 0.15) is 0 Å². The van der Waals surface area contributed by atoms with Gasteiger partial charge in [-0.2, -0.15) is 0 Å². The average molecular weight is 342 g/mol. The summed E-state index contributed by atoms with van der Waals surface area (Å²) in [6.45, 7) is 3.48. The molecule has 0 bridgehead atoms. The summed E-state index contributed by atoms with van der Waals surface area (Å²) in [5.41, 5.74) is 2.62. The summed E-state index contributed by atoms with van der Waals surface area (Å²) >= 11 is 0. The van der Waals surface area contributed by atoms with Gasteiger partial charge in [-0.25, -0.2) is 0 Å². The number of carbonyl (C=O) groups excluding carboxylic acids is 1. The Bertz CT molecular complexity index is 647. The van der Waals surface area contributed by atoms with Crippen LogP contribution in [0.3, 0.4) is 0 Å². The maximum Gasteiger partial charge on any atom is 0.309 e. The second-order valence-electron chi connectivity index (χ2n) is 7.42. The molecule has 1 saturated carbocycles. The second-order valence-corrected chi connectivity index (χ2v) is 7.42. The van der Waals surface area contributed by atoms with Crippen molar-refractivity contribution >= 4 is 11.5 Å². The molecule has 0 aromatic heterocycles. The fraction of sp³-hybridized carbons (Fsp3) is 0.571. The molecule has 2 unspecified atom stereocenters. The minimum Gasteiger partial charge on any atom is -0.469 e. The molecule has 5 atom stereocenters. The van der Waals surface area contributed by atoms with Crippen LogP contribution in [-0.2, 0) is 19.0 Å². The van der Waals surface area contributed by atoms with Crippen molar-refractivity contribution in [3.05, 3.63) is 42.0 Å². The van der Waals surface area contributed by atoms with Crippen molar-refractivity contribution in [2.75, 3.05) is 20.3 Å². The lowest BCUT2D eigenvalue weighted by Crippen LogP contribution is -2.45. The van der Waals surface area contributed by atoms with Gasteiger partial charge < -0.3 is 14.2 Å². The van der Waals surface area contributed by atoms with Gasteiger partial charge in [-0.15, -0.1) is 0 Å². The predicted octanol–water partition coefficient (Wildman–Crippen LogP) is 3.52. The Balaban J connectivity index is 1.64. The Morgan fingerprint density at radius 2 is 1.84 bits per heavy atom. The van der Waals surface area contributed by atoms with Gasteiger partial charge in [0.2, 0.25) is 0 Å². The highest BCUT2D eigenvalue weighted by Gasteiger charge is 2.52. The van der Waals surface area contributed by atoms with Gasteiger partial charge in [0.05, 0.1) is 26.2 Å². The van der Waals surface area contributed by atoms with Gasteiger partial charge in [-0.05, 0) is 41.7 Å². The van der Waals surface area contributed by atoms with E-state index in [1.54, 1.807) is 0 Å². The number of fused-ring (bicyclic) bond motifs is 1. The molecule has 4 rings (SSSR count). The highest BCUT2D eigenvalue weighted by atomic mass is 16.7. The molecule has 0 radical (unpaired) electrons. The van der Waals surface area contributed by atoms with E-state index in [1.165, 1.54) is 18.2 Å². The molecular formula is C21H26O4. The Morgan fingerprint density at radius 1 is 1.12 bits per heavy atom. The van der Waals surface area contributed by atoms with E-state index < -0.39 is 0 Å². The number of allylic oxidation sites excluding steroid dienone is 2. The summed E-state index contributed by atoms with van der Waals surface area (Å²) in [4.78, 5) is 12.7. The molecule has 1 heterocycles. The highest BCUT2D eigenvalue weighted by Crippen LogP contribution is 2.53. The van der Waals surface area contributed by atoms with Crippen LogP contribution < -0.4 is 0 Å². The topological polar surface area (TPSA) is 44.8 Å². The molecule has 0 spiro atoms. The lowest BCUT2D eigenvalue weighted by molar-refractivity contribution is -0.168. The minimum absolute atomic E-state index is 0.0853. The summed E-state index contributed by atoms with van der Waals surface area (Å²) in [5.74, 6) is 0.803. The summed E-state index contributed by atoms with van der Waals surface area (Å²) in [7, 11) is 1.49. The fourth-order valence-corrected chi connectivity index (χ4v) is 5.16. The van der Waals surface area contributed by atoms with E-state index in [-0.39, 0.29) is 30.0 Å². The number of carbonyl (C=O) groups is 1. The number of rotatable bonds is 3. The smallest absolute Gasteiger partial charge is 0.309 e. The number of benzene rings is 1. The molecule has 1 aromatic carbocycles. The largest absolute Gasteiger partial charge is 0.469 e. The lowest BCUT2D eigenvalue weighted by atomic mass is 9.64. The minimum atomic E-state index is -0.266. The molecule has 0 amide bonds. The first-order valence-electron chi connectivity index (χ1n) is 9.29. The molecule has 1 aliphatic heterocycles. The molecule has 2 fully saturated rings. The van der Waals surface area contributed by atoms with E-state index in [2.05, 4.69) is 37.3 Å². The van der Waals surface area contributed by atoms with Crippen LogP contribution in [0.2, 0.25) is 0 Å². The first-order chi connectivity index (χ1) is 12.2. The lowest BCUT2D eigenvalue weighted by Gasteiger charge is -2.42.